The molecule has 1 saturated heterocycles. The minimum absolute atomic E-state index is 0.0455. The van der Waals surface area contributed by atoms with Crippen LogP contribution in [0, 0.1) is 5.92 Å². The molecule has 3 atom stereocenters. The van der Waals surface area contributed by atoms with Crippen LogP contribution in [-0.2, 0) is 9.53 Å². The van der Waals surface area contributed by atoms with Crippen LogP contribution in [0.2, 0.25) is 0 Å². The van der Waals surface area contributed by atoms with Crippen molar-refractivity contribution in [3.63, 3.8) is 0 Å². The maximum absolute atomic E-state index is 12.7. The topological polar surface area (TPSA) is 46.6 Å². The van der Waals surface area contributed by atoms with Crippen LogP contribution < -0.4 is 0 Å². The number of nitrogens with zero attached hydrogens (tertiary/aromatic N) is 1. The van der Waals surface area contributed by atoms with Crippen molar-refractivity contribution in [3.05, 3.63) is 35.9 Å². The maximum atomic E-state index is 12.7. The van der Waals surface area contributed by atoms with Crippen LogP contribution in [0.3, 0.4) is 0 Å². The molecule has 1 saturated carbocycles. The van der Waals surface area contributed by atoms with Crippen molar-refractivity contribution in [1.82, 2.24) is 4.90 Å². The molecule has 2 aliphatic rings. The summed E-state index contributed by atoms with van der Waals surface area (Å²) in [4.78, 5) is 26.6. The highest BCUT2D eigenvalue weighted by Crippen LogP contribution is 2.43. The predicted molar refractivity (Wildman–Crippen MR) is 74.2 cm³/mol. The second kappa shape index (κ2) is 5.27. The lowest BCUT2D eigenvalue weighted by Crippen LogP contribution is -2.49. The second-order valence-corrected chi connectivity index (χ2v) is 5.50. The molecule has 106 valence electrons. The van der Waals surface area contributed by atoms with Gasteiger partial charge >= 0.3 is 5.97 Å². The zero-order valence-electron chi connectivity index (χ0n) is 11.6. The molecule has 0 N–H and O–H groups in total. The van der Waals surface area contributed by atoms with E-state index in [4.69, 9.17) is 4.74 Å². The number of rotatable bonds is 3. The molecule has 1 heterocycles. The molecule has 3 rings (SSSR count). The highest BCUT2D eigenvalue weighted by Gasteiger charge is 2.52. The number of esters is 1. The van der Waals surface area contributed by atoms with Crippen LogP contribution in [-0.4, -0.2) is 35.5 Å². The number of hydrogen-bond donors (Lipinski definition) is 0. The number of benzene rings is 1. The molecule has 0 spiro atoms. The van der Waals surface area contributed by atoms with Gasteiger partial charge in [-0.3, -0.25) is 4.79 Å². The molecule has 0 radical (unpaired) electrons. The SMILES string of the molecule is CCOC(=O)[C@H]1[C@@H]2CC[C@@H](C2)N1C(=O)c1ccccc1. The maximum Gasteiger partial charge on any atom is 0.329 e. The van der Waals surface area contributed by atoms with Gasteiger partial charge in [0.1, 0.15) is 6.04 Å². The van der Waals surface area contributed by atoms with Gasteiger partial charge in [0.15, 0.2) is 0 Å². The van der Waals surface area contributed by atoms with E-state index in [-0.39, 0.29) is 29.9 Å². The summed E-state index contributed by atoms with van der Waals surface area (Å²) >= 11 is 0. The fraction of sp³-hybridized carbons (Fsp3) is 0.500. The van der Waals surface area contributed by atoms with Crippen molar-refractivity contribution in [1.29, 1.82) is 0 Å². The van der Waals surface area contributed by atoms with Crippen molar-refractivity contribution in [2.24, 2.45) is 5.92 Å². The van der Waals surface area contributed by atoms with E-state index in [9.17, 15) is 9.59 Å². The van der Waals surface area contributed by atoms with Gasteiger partial charge in [0.25, 0.3) is 5.91 Å². The molecule has 1 aromatic carbocycles. The highest BCUT2D eigenvalue weighted by atomic mass is 16.5. The smallest absolute Gasteiger partial charge is 0.329 e. The Kier molecular flexibility index (Phi) is 3.47. The number of carbonyl (C=O) groups is 2. The van der Waals surface area contributed by atoms with Crippen LogP contribution in [0.15, 0.2) is 30.3 Å². The highest BCUT2D eigenvalue weighted by molar-refractivity contribution is 5.97. The number of likely N-dealkylation sites (tertiary alicyclic amines) is 1. The monoisotopic (exact) mass is 273 g/mol. The van der Waals surface area contributed by atoms with Gasteiger partial charge in [-0.2, -0.15) is 0 Å². The third-order valence-electron chi connectivity index (χ3n) is 4.37. The minimum Gasteiger partial charge on any atom is -0.464 e. The summed E-state index contributed by atoms with van der Waals surface area (Å²) in [7, 11) is 0. The van der Waals surface area contributed by atoms with Crippen LogP contribution in [0.5, 0.6) is 0 Å². The summed E-state index contributed by atoms with van der Waals surface area (Å²) in [6.07, 6.45) is 2.95. The Balaban J connectivity index is 1.86. The Hall–Kier alpha value is -1.84. The molecule has 2 bridgehead atoms. The molecule has 1 aromatic rings. The summed E-state index contributed by atoms with van der Waals surface area (Å²) in [6, 6.07) is 8.99. The first-order chi connectivity index (χ1) is 9.72. The molecular weight excluding hydrogens is 254 g/mol. The Morgan fingerprint density at radius 3 is 2.70 bits per heavy atom. The van der Waals surface area contributed by atoms with Gasteiger partial charge in [0.2, 0.25) is 0 Å². The average molecular weight is 273 g/mol. The molecule has 1 aliphatic heterocycles. The standard InChI is InChI=1S/C16H19NO3/c1-2-20-16(19)14-12-8-9-13(10-12)17(14)15(18)11-6-4-3-5-7-11/h3-7,12-14H,2,8-10H2,1H3/t12-,13+,14-/m1/s1. The summed E-state index contributed by atoms with van der Waals surface area (Å²) in [5, 5.41) is 0. The van der Waals surface area contributed by atoms with Crippen molar-refractivity contribution in [2.45, 2.75) is 38.3 Å². The molecule has 20 heavy (non-hydrogen) atoms. The van der Waals surface area contributed by atoms with Crippen molar-refractivity contribution in [3.8, 4) is 0 Å². The van der Waals surface area contributed by atoms with Crippen LogP contribution in [0.1, 0.15) is 36.5 Å². The number of carbonyl (C=O) groups excluding carboxylic acids is 2. The molecule has 4 nitrogen and oxygen atoms in total. The first-order valence-electron chi connectivity index (χ1n) is 7.26. The zero-order chi connectivity index (χ0) is 14.1. The van der Waals surface area contributed by atoms with Gasteiger partial charge in [-0.1, -0.05) is 18.2 Å². The summed E-state index contributed by atoms with van der Waals surface area (Å²) in [5.74, 6) is -0.0217. The molecule has 1 amide bonds. The summed E-state index contributed by atoms with van der Waals surface area (Å²) in [6.45, 7) is 2.16. The average Bonchev–Trinajstić information content (AvgIpc) is 3.08. The van der Waals surface area contributed by atoms with E-state index in [0.717, 1.165) is 19.3 Å². The first-order valence-corrected chi connectivity index (χ1v) is 7.26. The Morgan fingerprint density at radius 2 is 2.00 bits per heavy atom. The van der Waals surface area contributed by atoms with E-state index in [1.165, 1.54) is 0 Å². The Bertz CT molecular complexity index is 514. The quantitative estimate of drug-likeness (QED) is 0.793. The normalized spacial score (nSPS) is 27.6. The molecule has 1 aliphatic carbocycles. The number of fused-ring (bicyclic) bond motifs is 2. The molecule has 4 heteroatoms. The van der Waals surface area contributed by atoms with Crippen molar-refractivity contribution < 1.29 is 14.3 Å². The second-order valence-electron chi connectivity index (χ2n) is 5.50. The van der Waals surface area contributed by atoms with Gasteiger partial charge in [0, 0.05) is 11.6 Å². The molecule has 0 unspecified atom stereocenters. The van der Waals surface area contributed by atoms with Gasteiger partial charge in [-0.05, 0) is 44.2 Å². The fourth-order valence-corrected chi connectivity index (χ4v) is 3.54. The molecular formula is C16H19NO3. The van der Waals surface area contributed by atoms with E-state index in [1.807, 2.05) is 18.2 Å². The Morgan fingerprint density at radius 1 is 1.25 bits per heavy atom. The number of ether oxygens (including phenoxy) is 1. The lowest BCUT2D eigenvalue weighted by molar-refractivity contribution is -0.150. The van der Waals surface area contributed by atoms with E-state index in [2.05, 4.69) is 0 Å². The third kappa shape index (κ3) is 2.09. The van der Waals surface area contributed by atoms with Gasteiger partial charge in [-0.15, -0.1) is 0 Å². The largest absolute Gasteiger partial charge is 0.464 e. The first kappa shape index (κ1) is 13.2. The minimum atomic E-state index is -0.388. The summed E-state index contributed by atoms with van der Waals surface area (Å²) < 4.78 is 5.16. The molecule has 0 aromatic heterocycles. The van der Waals surface area contributed by atoms with Crippen LogP contribution in [0.4, 0.5) is 0 Å². The summed E-state index contributed by atoms with van der Waals surface area (Å²) in [5.41, 5.74) is 0.648. The van der Waals surface area contributed by atoms with E-state index in [0.29, 0.717) is 12.2 Å². The number of hydrogen-bond acceptors (Lipinski definition) is 3. The van der Waals surface area contributed by atoms with Crippen molar-refractivity contribution >= 4 is 11.9 Å². The fourth-order valence-electron chi connectivity index (χ4n) is 3.54. The lowest BCUT2D eigenvalue weighted by atomic mass is 9.98. The predicted octanol–water partition coefficient (Wildman–Crippen LogP) is 2.24. The zero-order valence-corrected chi connectivity index (χ0v) is 11.6. The third-order valence-corrected chi connectivity index (χ3v) is 4.37. The van der Waals surface area contributed by atoms with Crippen LogP contribution >= 0.6 is 0 Å². The van der Waals surface area contributed by atoms with E-state index < -0.39 is 0 Å². The Labute approximate surface area is 118 Å². The van der Waals surface area contributed by atoms with E-state index in [1.54, 1.807) is 24.0 Å². The van der Waals surface area contributed by atoms with Crippen molar-refractivity contribution in [2.75, 3.05) is 6.61 Å². The molecule has 2 fully saturated rings. The van der Waals surface area contributed by atoms with Gasteiger partial charge < -0.3 is 9.64 Å². The number of amides is 1. The van der Waals surface area contributed by atoms with E-state index >= 15 is 0 Å². The van der Waals surface area contributed by atoms with Gasteiger partial charge in [0.05, 0.1) is 6.61 Å². The van der Waals surface area contributed by atoms with Gasteiger partial charge in [-0.25, -0.2) is 4.79 Å². The van der Waals surface area contributed by atoms with Crippen LogP contribution in [0.25, 0.3) is 0 Å². The number of piperidine rings is 1. The lowest BCUT2D eigenvalue weighted by Gasteiger charge is -2.33.